The number of hydrogen-bond acceptors (Lipinski definition) is 5. The van der Waals surface area contributed by atoms with E-state index in [-0.39, 0.29) is 18.0 Å². The lowest BCUT2D eigenvalue weighted by atomic mass is 10.3. The number of nitrogens with zero attached hydrogens (tertiary/aromatic N) is 3. The molecule has 0 spiro atoms. The number of carbonyl (C=O) groups excluding carboxylic acids is 1. The summed E-state index contributed by atoms with van der Waals surface area (Å²) in [6.45, 7) is 0.368. The second-order valence-corrected chi connectivity index (χ2v) is 5.34. The summed E-state index contributed by atoms with van der Waals surface area (Å²) in [5.74, 6) is -0.231. The summed E-state index contributed by atoms with van der Waals surface area (Å²) < 4.78 is 1.32. The molecule has 0 aliphatic heterocycles. The molecule has 0 aliphatic carbocycles. The summed E-state index contributed by atoms with van der Waals surface area (Å²) in [5, 5.41) is 5.12. The van der Waals surface area contributed by atoms with Crippen molar-refractivity contribution in [3.05, 3.63) is 58.2 Å². The van der Waals surface area contributed by atoms with Crippen molar-refractivity contribution in [3.63, 3.8) is 0 Å². The average Bonchev–Trinajstić information content (AvgIpc) is 2.98. The Kier molecular flexibility index (Phi) is 3.74. The number of fused-ring (bicyclic) bond motifs is 1. The molecule has 1 N–H and O–H groups in total. The second kappa shape index (κ2) is 5.84. The van der Waals surface area contributed by atoms with Crippen molar-refractivity contribution >= 4 is 27.5 Å². The molecule has 3 heterocycles. The van der Waals surface area contributed by atoms with E-state index in [0.29, 0.717) is 16.8 Å². The van der Waals surface area contributed by atoms with Crippen molar-refractivity contribution in [3.8, 4) is 0 Å². The smallest absolute Gasteiger partial charge is 0.262 e. The van der Waals surface area contributed by atoms with Gasteiger partial charge in [0, 0.05) is 18.9 Å². The molecule has 0 bridgehead atoms. The van der Waals surface area contributed by atoms with E-state index in [9.17, 15) is 9.59 Å². The number of rotatable bonds is 4. The first-order valence-corrected chi connectivity index (χ1v) is 7.20. The van der Waals surface area contributed by atoms with Crippen LogP contribution in [0.5, 0.6) is 0 Å². The third-order valence-corrected chi connectivity index (χ3v) is 3.82. The molecule has 0 fully saturated rings. The highest BCUT2D eigenvalue weighted by molar-refractivity contribution is 7.16. The number of thiophene rings is 1. The van der Waals surface area contributed by atoms with E-state index in [1.54, 1.807) is 18.5 Å². The van der Waals surface area contributed by atoms with Crippen molar-refractivity contribution < 1.29 is 4.79 Å². The fourth-order valence-corrected chi connectivity index (χ4v) is 2.64. The number of carbonyl (C=O) groups is 1. The van der Waals surface area contributed by atoms with E-state index in [0.717, 1.165) is 5.56 Å². The Morgan fingerprint density at radius 3 is 2.90 bits per heavy atom. The SMILES string of the molecule is O=C(Cn1cnc2sccc2c1=O)NCc1ccncc1. The maximum atomic E-state index is 12.1. The molecule has 7 heteroatoms. The summed E-state index contributed by atoms with van der Waals surface area (Å²) in [4.78, 5) is 32.8. The van der Waals surface area contributed by atoms with Crippen LogP contribution in [0.25, 0.3) is 10.2 Å². The zero-order chi connectivity index (χ0) is 14.7. The standard InChI is InChI=1S/C14H12N4O2S/c19-12(16-7-10-1-4-15-5-2-10)8-18-9-17-13-11(14(18)20)3-6-21-13/h1-6,9H,7-8H2,(H,16,19). The number of hydrogen-bond donors (Lipinski definition) is 1. The molecule has 0 saturated carbocycles. The first kappa shape index (κ1) is 13.4. The van der Waals surface area contributed by atoms with Crippen LogP contribution in [0.4, 0.5) is 0 Å². The van der Waals surface area contributed by atoms with Crippen LogP contribution in [0, 0.1) is 0 Å². The molecule has 1 amide bonds. The predicted molar refractivity (Wildman–Crippen MR) is 80.0 cm³/mol. The van der Waals surface area contributed by atoms with Gasteiger partial charge in [0.05, 0.1) is 11.7 Å². The Balaban J connectivity index is 1.69. The van der Waals surface area contributed by atoms with Gasteiger partial charge in [-0.05, 0) is 29.1 Å². The second-order valence-electron chi connectivity index (χ2n) is 4.45. The molecule has 0 atom stereocenters. The topological polar surface area (TPSA) is 76.9 Å². The zero-order valence-corrected chi connectivity index (χ0v) is 11.8. The first-order valence-electron chi connectivity index (χ1n) is 6.32. The van der Waals surface area contributed by atoms with Gasteiger partial charge in [0.25, 0.3) is 5.56 Å². The first-order chi connectivity index (χ1) is 10.2. The van der Waals surface area contributed by atoms with Crippen LogP contribution in [0.3, 0.4) is 0 Å². The van der Waals surface area contributed by atoms with Gasteiger partial charge in [0.15, 0.2) is 0 Å². The number of amides is 1. The van der Waals surface area contributed by atoms with Gasteiger partial charge in [-0.2, -0.15) is 0 Å². The monoisotopic (exact) mass is 300 g/mol. The normalized spacial score (nSPS) is 10.7. The van der Waals surface area contributed by atoms with Gasteiger partial charge in [-0.3, -0.25) is 19.1 Å². The van der Waals surface area contributed by atoms with Gasteiger partial charge in [0.1, 0.15) is 11.4 Å². The quantitative estimate of drug-likeness (QED) is 0.784. The Morgan fingerprint density at radius 1 is 1.29 bits per heavy atom. The molecule has 3 aromatic rings. The maximum Gasteiger partial charge on any atom is 0.262 e. The Labute approximate surface area is 124 Å². The van der Waals surface area contributed by atoms with Crippen LogP contribution < -0.4 is 10.9 Å². The molecule has 0 aromatic carbocycles. The highest BCUT2D eigenvalue weighted by Crippen LogP contribution is 2.13. The minimum Gasteiger partial charge on any atom is -0.350 e. The highest BCUT2D eigenvalue weighted by Gasteiger charge is 2.08. The van der Waals surface area contributed by atoms with Gasteiger partial charge in [-0.1, -0.05) is 0 Å². The molecule has 0 saturated heterocycles. The summed E-state index contributed by atoms with van der Waals surface area (Å²) in [5.41, 5.74) is 0.761. The Bertz CT molecular complexity index is 826. The average molecular weight is 300 g/mol. The molecule has 106 valence electrons. The van der Waals surface area contributed by atoms with Crippen molar-refractivity contribution in [2.45, 2.75) is 13.1 Å². The van der Waals surface area contributed by atoms with Crippen LogP contribution in [0.1, 0.15) is 5.56 Å². The summed E-state index contributed by atoms with van der Waals surface area (Å²) in [6, 6.07) is 5.37. The lowest BCUT2D eigenvalue weighted by molar-refractivity contribution is -0.121. The van der Waals surface area contributed by atoms with Crippen molar-refractivity contribution in [2.24, 2.45) is 0 Å². The lowest BCUT2D eigenvalue weighted by Gasteiger charge is -2.07. The Morgan fingerprint density at radius 2 is 2.10 bits per heavy atom. The summed E-state index contributed by atoms with van der Waals surface area (Å²) in [6.07, 6.45) is 4.74. The molecule has 0 radical (unpaired) electrons. The van der Waals surface area contributed by atoms with Crippen molar-refractivity contribution in [2.75, 3.05) is 0 Å². The van der Waals surface area contributed by atoms with Gasteiger partial charge in [-0.25, -0.2) is 4.98 Å². The van der Waals surface area contributed by atoms with Gasteiger partial charge >= 0.3 is 0 Å². The van der Waals surface area contributed by atoms with E-state index in [4.69, 9.17) is 0 Å². The maximum absolute atomic E-state index is 12.1. The van der Waals surface area contributed by atoms with E-state index < -0.39 is 0 Å². The third kappa shape index (κ3) is 2.97. The molecule has 3 aromatic heterocycles. The van der Waals surface area contributed by atoms with Gasteiger partial charge < -0.3 is 5.32 Å². The number of pyridine rings is 1. The fourth-order valence-electron chi connectivity index (χ4n) is 1.92. The predicted octanol–water partition coefficient (Wildman–Crippen LogP) is 1.17. The fraction of sp³-hybridized carbons (Fsp3) is 0.143. The van der Waals surface area contributed by atoms with Gasteiger partial charge in [-0.15, -0.1) is 11.3 Å². The number of nitrogens with one attached hydrogen (secondary N) is 1. The van der Waals surface area contributed by atoms with Gasteiger partial charge in [0.2, 0.25) is 5.91 Å². The largest absolute Gasteiger partial charge is 0.350 e. The van der Waals surface area contributed by atoms with Crippen LogP contribution in [0.2, 0.25) is 0 Å². The molecular formula is C14H12N4O2S. The third-order valence-electron chi connectivity index (χ3n) is 3.00. The van der Waals surface area contributed by atoms with E-state index in [1.165, 1.54) is 22.2 Å². The van der Waals surface area contributed by atoms with Crippen LogP contribution in [0.15, 0.2) is 47.1 Å². The Hall–Kier alpha value is -2.54. The summed E-state index contributed by atoms with van der Waals surface area (Å²) >= 11 is 1.41. The van der Waals surface area contributed by atoms with Crippen LogP contribution in [-0.4, -0.2) is 20.4 Å². The van der Waals surface area contributed by atoms with Crippen molar-refractivity contribution in [1.29, 1.82) is 0 Å². The van der Waals surface area contributed by atoms with E-state index in [1.807, 2.05) is 17.5 Å². The highest BCUT2D eigenvalue weighted by atomic mass is 32.1. The molecule has 0 unspecified atom stereocenters. The molecular weight excluding hydrogens is 288 g/mol. The lowest BCUT2D eigenvalue weighted by Crippen LogP contribution is -2.32. The molecule has 0 aliphatic rings. The van der Waals surface area contributed by atoms with Crippen LogP contribution in [-0.2, 0) is 17.9 Å². The number of aromatic nitrogens is 3. The minimum atomic E-state index is -0.231. The zero-order valence-electron chi connectivity index (χ0n) is 11.0. The van der Waals surface area contributed by atoms with E-state index >= 15 is 0 Å². The van der Waals surface area contributed by atoms with Crippen molar-refractivity contribution in [1.82, 2.24) is 19.9 Å². The summed E-state index contributed by atoms with van der Waals surface area (Å²) in [7, 11) is 0. The molecule has 3 rings (SSSR count). The molecule has 6 nitrogen and oxygen atoms in total. The minimum absolute atomic E-state index is 0.0390. The van der Waals surface area contributed by atoms with Crippen LogP contribution >= 0.6 is 11.3 Å². The molecule has 21 heavy (non-hydrogen) atoms. The van der Waals surface area contributed by atoms with E-state index in [2.05, 4.69) is 15.3 Å².